The van der Waals surface area contributed by atoms with Gasteiger partial charge in [-0.3, -0.25) is 0 Å². The van der Waals surface area contributed by atoms with Gasteiger partial charge in [0.25, 0.3) is 0 Å². The Bertz CT molecular complexity index is 1150. The van der Waals surface area contributed by atoms with Crippen molar-refractivity contribution in [3.63, 3.8) is 0 Å². The molecule has 0 aliphatic carbocycles. The number of benzene rings is 2. The Morgan fingerprint density at radius 3 is 2.45 bits per heavy atom. The fourth-order valence-corrected chi connectivity index (χ4v) is 3.10. The lowest BCUT2D eigenvalue weighted by Crippen LogP contribution is -1.98. The first kappa shape index (κ1) is 18.7. The molecule has 0 unspecified atom stereocenters. The molecule has 1 N–H and O–H groups in total. The first-order valence-corrected chi connectivity index (χ1v) is 9.42. The lowest BCUT2D eigenvalue weighted by Gasteiger charge is -2.08. The molecule has 0 radical (unpaired) electrons. The Balaban J connectivity index is 1.62. The van der Waals surface area contributed by atoms with E-state index < -0.39 is 0 Å². The van der Waals surface area contributed by atoms with Crippen molar-refractivity contribution in [2.75, 3.05) is 12.4 Å². The number of hydrogen-bond donors (Lipinski definition) is 1. The largest absolute Gasteiger partial charge is 0.497 e. The van der Waals surface area contributed by atoms with Gasteiger partial charge < -0.3 is 10.1 Å². The third-order valence-electron chi connectivity index (χ3n) is 4.93. The van der Waals surface area contributed by atoms with Crippen LogP contribution in [0.5, 0.6) is 5.75 Å². The van der Waals surface area contributed by atoms with E-state index in [4.69, 9.17) is 9.72 Å². The number of anilines is 2. The fraction of sp³-hybridized carbons (Fsp3) is 0.174. The number of aryl methyl sites for hydroxylation is 3. The van der Waals surface area contributed by atoms with Crippen LogP contribution in [0.3, 0.4) is 0 Å². The molecule has 0 atom stereocenters. The van der Waals surface area contributed by atoms with Gasteiger partial charge in [0.15, 0.2) is 0 Å². The highest BCUT2D eigenvalue weighted by Gasteiger charge is 2.11. The molecule has 6 heteroatoms. The van der Waals surface area contributed by atoms with Crippen LogP contribution >= 0.6 is 0 Å². The zero-order valence-corrected chi connectivity index (χ0v) is 17.0. The van der Waals surface area contributed by atoms with Gasteiger partial charge >= 0.3 is 0 Å². The number of nitrogens with one attached hydrogen (secondary N) is 1. The highest BCUT2D eigenvalue weighted by Crippen LogP contribution is 2.25. The molecule has 146 valence electrons. The molecule has 0 amide bonds. The number of methoxy groups -OCH3 is 1. The van der Waals surface area contributed by atoms with Crippen molar-refractivity contribution in [2.45, 2.75) is 20.8 Å². The predicted octanol–water partition coefficient (Wildman–Crippen LogP) is 5.01. The van der Waals surface area contributed by atoms with Crippen LogP contribution < -0.4 is 10.1 Å². The van der Waals surface area contributed by atoms with Crippen LogP contribution in [0.25, 0.3) is 16.9 Å². The molecule has 0 aliphatic heterocycles. The van der Waals surface area contributed by atoms with Gasteiger partial charge in [-0.15, -0.1) is 0 Å². The van der Waals surface area contributed by atoms with Gasteiger partial charge in [-0.2, -0.15) is 5.10 Å². The van der Waals surface area contributed by atoms with Crippen molar-refractivity contribution in [3.8, 4) is 22.7 Å². The summed E-state index contributed by atoms with van der Waals surface area (Å²) in [5, 5.41) is 7.93. The fourth-order valence-electron chi connectivity index (χ4n) is 3.10. The molecule has 6 nitrogen and oxygen atoms in total. The summed E-state index contributed by atoms with van der Waals surface area (Å²) in [6.45, 7) is 6.17. The molecular formula is C23H23N5O. The van der Waals surface area contributed by atoms with Crippen LogP contribution in [0.4, 0.5) is 11.6 Å². The second-order valence-electron chi connectivity index (χ2n) is 6.96. The first-order valence-electron chi connectivity index (χ1n) is 9.42. The van der Waals surface area contributed by atoms with Crippen molar-refractivity contribution in [1.82, 2.24) is 19.7 Å². The van der Waals surface area contributed by atoms with E-state index in [1.165, 1.54) is 11.1 Å². The smallest absolute Gasteiger partial charge is 0.227 e. The Morgan fingerprint density at radius 2 is 1.72 bits per heavy atom. The average molecular weight is 385 g/mol. The molecule has 0 spiro atoms. The summed E-state index contributed by atoms with van der Waals surface area (Å²) >= 11 is 0. The molecule has 4 rings (SSSR count). The summed E-state index contributed by atoms with van der Waals surface area (Å²) in [6.07, 6.45) is 3.75. The minimum absolute atomic E-state index is 0.558. The highest BCUT2D eigenvalue weighted by molar-refractivity contribution is 5.64. The number of hydrogen-bond acceptors (Lipinski definition) is 5. The Hall–Kier alpha value is -3.67. The molecule has 2 aromatic carbocycles. The normalized spacial score (nSPS) is 10.8. The highest BCUT2D eigenvalue weighted by atomic mass is 16.5. The Morgan fingerprint density at radius 1 is 0.931 bits per heavy atom. The second-order valence-corrected chi connectivity index (χ2v) is 6.96. The molecule has 0 bridgehead atoms. The molecule has 0 saturated heterocycles. The lowest BCUT2D eigenvalue weighted by molar-refractivity contribution is 0.414. The van der Waals surface area contributed by atoms with E-state index in [0.29, 0.717) is 5.95 Å². The second kappa shape index (κ2) is 7.75. The van der Waals surface area contributed by atoms with Gasteiger partial charge in [-0.05, 0) is 74.4 Å². The van der Waals surface area contributed by atoms with Crippen molar-refractivity contribution < 1.29 is 4.74 Å². The minimum atomic E-state index is 0.558. The lowest BCUT2D eigenvalue weighted by atomic mass is 10.1. The molecule has 0 saturated carbocycles. The van der Waals surface area contributed by atoms with Crippen LogP contribution in [-0.4, -0.2) is 26.9 Å². The van der Waals surface area contributed by atoms with Gasteiger partial charge in [0.1, 0.15) is 5.75 Å². The van der Waals surface area contributed by atoms with E-state index in [9.17, 15) is 0 Å². The van der Waals surface area contributed by atoms with Crippen LogP contribution in [0.2, 0.25) is 0 Å². The van der Waals surface area contributed by atoms with E-state index in [-0.39, 0.29) is 0 Å². The average Bonchev–Trinajstić information content (AvgIpc) is 3.13. The van der Waals surface area contributed by atoms with E-state index in [1.54, 1.807) is 13.3 Å². The van der Waals surface area contributed by atoms with Crippen LogP contribution in [0.1, 0.15) is 16.8 Å². The van der Waals surface area contributed by atoms with Gasteiger partial charge in [0, 0.05) is 23.6 Å². The zero-order chi connectivity index (χ0) is 20.4. The Labute approximate surface area is 170 Å². The SMILES string of the molecule is COc1ccc(-n2cc(-c3ccnc(Nc4ccc(C)c(C)c4)n3)c(C)n2)cc1. The monoisotopic (exact) mass is 385 g/mol. The molecular weight excluding hydrogens is 362 g/mol. The summed E-state index contributed by atoms with van der Waals surface area (Å²) in [5.74, 6) is 1.37. The van der Waals surface area contributed by atoms with Crippen molar-refractivity contribution in [2.24, 2.45) is 0 Å². The maximum absolute atomic E-state index is 5.23. The van der Waals surface area contributed by atoms with Crippen molar-refractivity contribution >= 4 is 11.6 Å². The third-order valence-corrected chi connectivity index (χ3v) is 4.93. The summed E-state index contributed by atoms with van der Waals surface area (Å²) < 4.78 is 7.08. The molecule has 2 aromatic heterocycles. The maximum Gasteiger partial charge on any atom is 0.227 e. The van der Waals surface area contributed by atoms with Gasteiger partial charge in [-0.25, -0.2) is 14.6 Å². The quantitative estimate of drug-likeness (QED) is 0.523. The van der Waals surface area contributed by atoms with E-state index in [2.05, 4.69) is 41.4 Å². The number of rotatable bonds is 5. The maximum atomic E-state index is 5.23. The summed E-state index contributed by atoms with van der Waals surface area (Å²) in [5.41, 5.74) is 7.10. The van der Waals surface area contributed by atoms with Crippen molar-refractivity contribution in [1.29, 1.82) is 0 Å². The number of aromatic nitrogens is 4. The molecule has 0 aliphatic rings. The molecule has 29 heavy (non-hydrogen) atoms. The minimum Gasteiger partial charge on any atom is -0.497 e. The summed E-state index contributed by atoms with van der Waals surface area (Å²) in [7, 11) is 1.66. The number of nitrogens with zero attached hydrogens (tertiary/aromatic N) is 4. The molecule has 0 fully saturated rings. The Kier molecular flexibility index (Phi) is 4.99. The van der Waals surface area contributed by atoms with Crippen LogP contribution in [-0.2, 0) is 0 Å². The van der Waals surface area contributed by atoms with Crippen LogP contribution in [0, 0.1) is 20.8 Å². The zero-order valence-electron chi connectivity index (χ0n) is 17.0. The molecule has 4 aromatic rings. The number of ether oxygens (including phenoxy) is 1. The predicted molar refractivity (Wildman–Crippen MR) is 115 cm³/mol. The van der Waals surface area contributed by atoms with Crippen molar-refractivity contribution in [3.05, 3.63) is 77.7 Å². The summed E-state index contributed by atoms with van der Waals surface area (Å²) in [4.78, 5) is 9.05. The molecule has 2 heterocycles. The topological polar surface area (TPSA) is 64.9 Å². The van der Waals surface area contributed by atoms with E-state index in [0.717, 1.165) is 34.1 Å². The van der Waals surface area contributed by atoms with Gasteiger partial charge in [0.05, 0.1) is 24.2 Å². The van der Waals surface area contributed by atoms with Crippen LogP contribution in [0.15, 0.2) is 60.9 Å². The van der Waals surface area contributed by atoms with Gasteiger partial charge in [0.2, 0.25) is 5.95 Å². The van der Waals surface area contributed by atoms with E-state index >= 15 is 0 Å². The first-order chi connectivity index (χ1) is 14.0. The standard InChI is InChI=1S/C23H23N5O/c1-15-5-6-18(13-16(15)2)25-23-24-12-11-22(26-23)21-14-28(27-17(21)3)19-7-9-20(29-4)10-8-19/h5-14H,1-4H3,(H,24,25,26). The van der Waals surface area contributed by atoms with Gasteiger partial charge in [-0.1, -0.05) is 6.07 Å². The summed E-state index contributed by atoms with van der Waals surface area (Å²) in [6, 6.07) is 15.9. The van der Waals surface area contributed by atoms with E-state index in [1.807, 2.05) is 54.2 Å². The third kappa shape index (κ3) is 3.96.